The van der Waals surface area contributed by atoms with Gasteiger partial charge in [0.05, 0.1) is 12.3 Å². The van der Waals surface area contributed by atoms with E-state index in [-0.39, 0.29) is 17.9 Å². The number of aliphatic hydroxyl groups excluding tert-OH is 1. The van der Waals surface area contributed by atoms with Crippen LogP contribution in [0.5, 0.6) is 0 Å². The van der Waals surface area contributed by atoms with E-state index >= 15 is 0 Å². The molecule has 2 rings (SSSR count). The summed E-state index contributed by atoms with van der Waals surface area (Å²) >= 11 is 0. The zero-order chi connectivity index (χ0) is 11.5. The molecule has 0 bridgehead atoms. The van der Waals surface area contributed by atoms with Crippen molar-refractivity contribution in [2.45, 2.75) is 19.4 Å². The third-order valence-electron chi connectivity index (χ3n) is 2.93. The minimum atomic E-state index is -0.300. The average Bonchev–Trinajstić information content (AvgIpc) is 2.33. The first-order valence-electron chi connectivity index (χ1n) is 5.42. The van der Waals surface area contributed by atoms with Crippen LogP contribution in [0, 0.1) is 5.92 Å². The molecule has 86 valence electrons. The fraction of sp³-hybridized carbons (Fsp3) is 0.545. The largest absolute Gasteiger partial charge is 0.393 e. The molecule has 0 saturated carbocycles. The Hall–Kier alpha value is -1.49. The maximum absolute atomic E-state index is 12.0. The minimum absolute atomic E-state index is 0.105. The monoisotopic (exact) mass is 221 g/mol. The molecule has 16 heavy (non-hydrogen) atoms. The molecule has 2 heterocycles. The van der Waals surface area contributed by atoms with E-state index in [9.17, 15) is 9.90 Å². The average molecular weight is 221 g/mol. The highest BCUT2D eigenvalue weighted by atomic mass is 16.3. The lowest BCUT2D eigenvalue weighted by Gasteiger charge is -2.34. The summed E-state index contributed by atoms with van der Waals surface area (Å²) in [6.45, 7) is 3.11. The summed E-state index contributed by atoms with van der Waals surface area (Å²) < 4.78 is 0. The Kier molecular flexibility index (Phi) is 3.14. The Morgan fingerprint density at radius 1 is 1.56 bits per heavy atom. The number of hydrogen-bond acceptors (Lipinski definition) is 4. The van der Waals surface area contributed by atoms with Gasteiger partial charge in [0.1, 0.15) is 5.69 Å². The second-order valence-electron chi connectivity index (χ2n) is 4.18. The van der Waals surface area contributed by atoms with Crippen LogP contribution in [0.2, 0.25) is 0 Å². The third-order valence-corrected chi connectivity index (χ3v) is 2.93. The molecule has 1 N–H and O–H groups in total. The molecule has 1 aliphatic rings. The molecule has 1 aliphatic heterocycles. The van der Waals surface area contributed by atoms with E-state index in [0.717, 1.165) is 0 Å². The van der Waals surface area contributed by atoms with Gasteiger partial charge in [0.25, 0.3) is 5.91 Å². The van der Waals surface area contributed by atoms with Crippen LogP contribution in [-0.2, 0) is 0 Å². The van der Waals surface area contributed by atoms with E-state index in [1.807, 2.05) is 6.92 Å². The number of aliphatic hydroxyl groups is 1. The van der Waals surface area contributed by atoms with Crippen LogP contribution in [0.4, 0.5) is 0 Å². The first kappa shape index (κ1) is 11.0. The van der Waals surface area contributed by atoms with E-state index in [2.05, 4.69) is 9.97 Å². The molecule has 1 fully saturated rings. The second-order valence-corrected chi connectivity index (χ2v) is 4.18. The summed E-state index contributed by atoms with van der Waals surface area (Å²) in [6.07, 6.45) is 4.85. The van der Waals surface area contributed by atoms with Crippen LogP contribution >= 0.6 is 0 Å². The summed E-state index contributed by atoms with van der Waals surface area (Å²) in [5.41, 5.74) is 0.367. The summed E-state index contributed by atoms with van der Waals surface area (Å²) in [4.78, 5) is 21.6. The molecule has 2 unspecified atom stereocenters. The van der Waals surface area contributed by atoms with Gasteiger partial charge in [-0.3, -0.25) is 9.78 Å². The molecular formula is C11H15N3O2. The van der Waals surface area contributed by atoms with Gasteiger partial charge < -0.3 is 10.0 Å². The zero-order valence-corrected chi connectivity index (χ0v) is 9.21. The maximum Gasteiger partial charge on any atom is 0.274 e. The summed E-state index contributed by atoms with van der Waals surface area (Å²) in [5, 5.41) is 9.58. The highest BCUT2D eigenvalue weighted by Crippen LogP contribution is 2.17. The van der Waals surface area contributed by atoms with Gasteiger partial charge in [0.2, 0.25) is 0 Å². The quantitative estimate of drug-likeness (QED) is 0.741. The molecule has 1 amide bonds. The topological polar surface area (TPSA) is 66.3 Å². The molecule has 1 saturated heterocycles. The summed E-state index contributed by atoms with van der Waals surface area (Å²) in [5.74, 6) is 0.0150. The van der Waals surface area contributed by atoms with Crippen molar-refractivity contribution in [3.05, 3.63) is 24.3 Å². The summed E-state index contributed by atoms with van der Waals surface area (Å²) in [6, 6.07) is 0. The van der Waals surface area contributed by atoms with Gasteiger partial charge >= 0.3 is 0 Å². The van der Waals surface area contributed by atoms with Crippen LogP contribution in [0.3, 0.4) is 0 Å². The number of carbonyl (C=O) groups excluding carboxylic acids is 1. The molecule has 0 radical (unpaired) electrons. The van der Waals surface area contributed by atoms with E-state index in [1.165, 1.54) is 12.4 Å². The molecule has 5 heteroatoms. The highest BCUT2D eigenvalue weighted by Gasteiger charge is 2.28. The SMILES string of the molecule is CC1CN(C(=O)c2cnccn2)CCC1O. The van der Waals surface area contributed by atoms with Gasteiger partial charge in [0, 0.05) is 25.5 Å². The minimum Gasteiger partial charge on any atom is -0.393 e. The van der Waals surface area contributed by atoms with Gasteiger partial charge in [0.15, 0.2) is 0 Å². The Morgan fingerprint density at radius 3 is 3.00 bits per heavy atom. The van der Waals surface area contributed by atoms with E-state index in [0.29, 0.717) is 25.2 Å². The zero-order valence-electron chi connectivity index (χ0n) is 9.21. The van der Waals surface area contributed by atoms with Crippen molar-refractivity contribution >= 4 is 5.91 Å². The maximum atomic E-state index is 12.0. The second kappa shape index (κ2) is 4.57. The first-order valence-corrected chi connectivity index (χ1v) is 5.42. The van der Waals surface area contributed by atoms with E-state index < -0.39 is 0 Å². The van der Waals surface area contributed by atoms with Crippen molar-refractivity contribution in [2.24, 2.45) is 5.92 Å². The third kappa shape index (κ3) is 2.19. The number of aromatic nitrogens is 2. The van der Waals surface area contributed by atoms with Crippen LogP contribution in [0.25, 0.3) is 0 Å². The van der Waals surface area contributed by atoms with Crippen LogP contribution < -0.4 is 0 Å². The molecular weight excluding hydrogens is 206 g/mol. The predicted octanol–water partition coefficient (Wildman–Crippen LogP) is 0.320. The van der Waals surface area contributed by atoms with Gasteiger partial charge in [-0.05, 0) is 12.3 Å². The normalized spacial score (nSPS) is 25.5. The molecule has 0 aliphatic carbocycles. The number of amides is 1. The lowest BCUT2D eigenvalue weighted by molar-refractivity contribution is 0.0294. The fourth-order valence-electron chi connectivity index (χ4n) is 1.89. The lowest BCUT2D eigenvalue weighted by Crippen LogP contribution is -2.45. The van der Waals surface area contributed by atoms with Crippen molar-refractivity contribution in [2.75, 3.05) is 13.1 Å². The number of hydrogen-bond donors (Lipinski definition) is 1. The molecule has 0 spiro atoms. The van der Waals surface area contributed by atoms with Crippen LogP contribution in [-0.4, -0.2) is 45.1 Å². The van der Waals surface area contributed by atoms with Gasteiger partial charge in [-0.15, -0.1) is 0 Å². The van der Waals surface area contributed by atoms with Crippen molar-refractivity contribution in [3.63, 3.8) is 0 Å². The highest BCUT2D eigenvalue weighted by molar-refractivity contribution is 5.92. The van der Waals surface area contributed by atoms with Crippen LogP contribution in [0.15, 0.2) is 18.6 Å². The standard InChI is InChI=1S/C11H15N3O2/c1-8-7-14(5-2-10(8)15)11(16)9-6-12-3-4-13-9/h3-4,6,8,10,15H,2,5,7H2,1H3. The number of carbonyl (C=O) groups is 1. The molecule has 5 nitrogen and oxygen atoms in total. The van der Waals surface area contributed by atoms with E-state index in [1.54, 1.807) is 11.1 Å². The van der Waals surface area contributed by atoms with Crippen molar-refractivity contribution in [1.29, 1.82) is 0 Å². The number of piperidine rings is 1. The molecule has 1 aromatic rings. The Morgan fingerprint density at radius 2 is 2.38 bits per heavy atom. The number of likely N-dealkylation sites (tertiary alicyclic amines) is 1. The first-order chi connectivity index (χ1) is 7.68. The van der Waals surface area contributed by atoms with Gasteiger partial charge in [-0.1, -0.05) is 6.92 Å². The fourth-order valence-corrected chi connectivity index (χ4v) is 1.89. The molecule has 2 atom stereocenters. The summed E-state index contributed by atoms with van der Waals surface area (Å²) in [7, 11) is 0. The predicted molar refractivity (Wildman–Crippen MR) is 57.7 cm³/mol. The molecule has 1 aromatic heterocycles. The molecule has 0 aromatic carbocycles. The Labute approximate surface area is 94.1 Å². The van der Waals surface area contributed by atoms with Crippen molar-refractivity contribution in [3.8, 4) is 0 Å². The lowest BCUT2D eigenvalue weighted by atomic mass is 9.96. The van der Waals surface area contributed by atoms with Crippen molar-refractivity contribution < 1.29 is 9.90 Å². The number of rotatable bonds is 1. The smallest absolute Gasteiger partial charge is 0.274 e. The van der Waals surface area contributed by atoms with Gasteiger partial charge in [-0.25, -0.2) is 4.98 Å². The Bertz CT molecular complexity index is 369. The number of nitrogens with zero attached hydrogens (tertiary/aromatic N) is 3. The Balaban J connectivity index is 2.06. The van der Waals surface area contributed by atoms with Gasteiger partial charge in [-0.2, -0.15) is 0 Å². The van der Waals surface area contributed by atoms with E-state index in [4.69, 9.17) is 0 Å². The van der Waals surface area contributed by atoms with Crippen LogP contribution in [0.1, 0.15) is 23.8 Å². The van der Waals surface area contributed by atoms with Crippen molar-refractivity contribution in [1.82, 2.24) is 14.9 Å².